The molecular formula is C16H15F3N4OS. The van der Waals surface area contributed by atoms with Crippen molar-refractivity contribution < 1.29 is 18.3 Å². The third kappa shape index (κ3) is 3.67. The second kappa shape index (κ2) is 7.24. The van der Waals surface area contributed by atoms with Crippen molar-refractivity contribution in [2.24, 2.45) is 0 Å². The van der Waals surface area contributed by atoms with Crippen molar-refractivity contribution in [1.82, 2.24) is 14.8 Å². The van der Waals surface area contributed by atoms with E-state index in [4.69, 9.17) is 5.11 Å². The molecule has 0 aliphatic heterocycles. The molecule has 2 N–H and O–H groups in total. The van der Waals surface area contributed by atoms with Crippen LogP contribution in [0.3, 0.4) is 0 Å². The SMILES string of the molecule is Cc1nc(NCc2c(F)ccc(F)c2F)sc1-c1ccn(CCO)n1. The van der Waals surface area contributed by atoms with Crippen LogP contribution in [0.1, 0.15) is 11.3 Å². The van der Waals surface area contributed by atoms with E-state index in [2.05, 4.69) is 15.4 Å². The first-order chi connectivity index (χ1) is 12.0. The molecule has 5 nitrogen and oxygen atoms in total. The number of aryl methyl sites for hydroxylation is 1. The van der Waals surface area contributed by atoms with Gasteiger partial charge in [0.05, 0.1) is 23.7 Å². The molecule has 0 bridgehead atoms. The number of rotatable bonds is 6. The van der Waals surface area contributed by atoms with Crippen LogP contribution in [0.4, 0.5) is 18.3 Å². The summed E-state index contributed by atoms with van der Waals surface area (Å²) in [6.45, 7) is 1.95. The molecule has 0 unspecified atom stereocenters. The number of benzene rings is 1. The minimum Gasteiger partial charge on any atom is -0.394 e. The molecule has 0 saturated carbocycles. The average molecular weight is 368 g/mol. The lowest BCUT2D eigenvalue weighted by atomic mass is 10.2. The van der Waals surface area contributed by atoms with E-state index in [9.17, 15) is 13.2 Å². The van der Waals surface area contributed by atoms with E-state index in [1.165, 1.54) is 11.3 Å². The minimum absolute atomic E-state index is 0.0135. The van der Waals surface area contributed by atoms with Gasteiger partial charge in [-0.25, -0.2) is 18.2 Å². The van der Waals surface area contributed by atoms with Crippen molar-refractivity contribution in [2.75, 3.05) is 11.9 Å². The first kappa shape index (κ1) is 17.4. The van der Waals surface area contributed by atoms with Crippen LogP contribution in [-0.4, -0.2) is 26.5 Å². The van der Waals surface area contributed by atoms with Gasteiger partial charge in [-0.3, -0.25) is 4.68 Å². The van der Waals surface area contributed by atoms with E-state index in [0.29, 0.717) is 23.1 Å². The van der Waals surface area contributed by atoms with Crippen molar-refractivity contribution in [3.63, 3.8) is 0 Å². The molecule has 0 spiro atoms. The van der Waals surface area contributed by atoms with Gasteiger partial charge in [0.25, 0.3) is 0 Å². The fourth-order valence-corrected chi connectivity index (χ4v) is 3.24. The van der Waals surface area contributed by atoms with Crippen LogP contribution in [-0.2, 0) is 13.1 Å². The summed E-state index contributed by atoms with van der Waals surface area (Å²) in [4.78, 5) is 5.11. The highest BCUT2D eigenvalue weighted by molar-refractivity contribution is 7.19. The quantitative estimate of drug-likeness (QED) is 0.655. The second-order valence-electron chi connectivity index (χ2n) is 5.30. The normalized spacial score (nSPS) is 11.1. The summed E-state index contributed by atoms with van der Waals surface area (Å²) in [6, 6.07) is 3.44. The van der Waals surface area contributed by atoms with E-state index < -0.39 is 17.5 Å². The fourth-order valence-electron chi connectivity index (χ4n) is 2.31. The van der Waals surface area contributed by atoms with Crippen molar-refractivity contribution >= 4 is 16.5 Å². The summed E-state index contributed by atoms with van der Waals surface area (Å²) in [5, 5.41) is 16.5. The van der Waals surface area contributed by atoms with Gasteiger partial charge in [-0.2, -0.15) is 5.10 Å². The summed E-state index contributed by atoms with van der Waals surface area (Å²) < 4.78 is 42.2. The van der Waals surface area contributed by atoms with Gasteiger partial charge in [0.1, 0.15) is 11.5 Å². The molecular weight excluding hydrogens is 353 g/mol. The summed E-state index contributed by atoms with van der Waals surface area (Å²) in [5.41, 5.74) is 1.03. The maximum absolute atomic E-state index is 13.7. The first-order valence-corrected chi connectivity index (χ1v) is 8.29. The van der Waals surface area contributed by atoms with Crippen LogP contribution in [0.15, 0.2) is 24.4 Å². The predicted octanol–water partition coefficient (Wildman–Crippen LogP) is 3.34. The third-order valence-electron chi connectivity index (χ3n) is 3.55. The summed E-state index contributed by atoms with van der Waals surface area (Å²) in [6.07, 6.45) is 1.75. The molecule has 0 amide bonds. The molecule has 25 heavy (non-hydrogen) atoms. The van der Waals surface area contributed by atoms with Crippen LogP contribution >= 0.6 is 11.3 Å². The Kier molecular flexibility index (Phi) is 5.05. The Hall–Kier alpha value is -2.39. The molecule has 3 rings (SSSR count). The van der Waals surface area contributed by atoms with Crippen LogP contribution in [0.25, 0.3) is 10.6 Å². The Balaban J connectivity index is 1.78. The number of hydrogen-bond donors (Lipinski definition) is 2. The Labute approximate surface area is 145 Å². The lowest BCUT2D eigenvalue weighted by Gasteiger charge is -2.06. The summed E-state index contributed by atoms with van der Waals surface area (Å²) in [5.74, 6) is -3.12. The molecule has 0 fully saturated rings. The molecule has 0 aliphatic carbocycles. The molecule has 132 valence electrons. The molecule has 3 aromatic rings. The van der Waals surface area contributed by atoms with Crippen molar-refractivity contribution in [2.45, 2.75) is 20.0 Å². The smallest absolute Gasteiger partial charge is 0.183 e. The maximum atomic E-state index is 13.7. The highest BCUT2D eigenvalue weighted by Crippen LogP contribution is 2.32. The Morgan fingerprint density at radius 3 is 2.72 bits per heavy atom. The molecule has 0 saturated heterocycles. The van der Waals surface area contributed by atoms with Gasteiger partial charge in [0.2, 0.25) is 0 Å². The molecule has 9 heteroatoms. The zero-order valence-electron chi connectivity index (χ0n) is 13.3. The van der Waals surface area contributed by atoms with Crippen LogP contribution in [0, 0.1) is 24.4 Å². The number of halogens is 3. The highest BCUT2D eigenvalue weighted by Gasteiger charge is 2.16. The van der Waals surface area contributed by atoms with E-state index >= 15 is 0 Å². The molecule has 0 aliphatic rings. The zero-order chi connectivity index (χ0) is 18.0. The van der Waals surface area contributed by atoms with E-state index in [1.54, 1.807) is 23.9 Å². The highest BCUT2D eigenvalue weighted by atomic mass is 32.1. The van der Waals surface area contributed by atoms with Crippen molar-refractivity contribution in [1.29, 1.82) is 0 Å². The maximum Gasteiger partial charge on any atom is 0.183 e. The topological polar surface area (TPSA) is 63.0 Å². The van der Waals surface area contributed by atoms with Gasteiger partial charge < -0.3 is 10.4 Å². The van der Waals surface area contributed by atoms with E-state index in [0.717, 1.165) is 17.0 Å². The minimum atomic E-state index is -1.20. The van der Waals surface area contributed by atoms with Crippen molar-refractivity contribution in [3.05, 3.63) is 53.1 Å². The van der Waals surface area contributed by atoms with Crippen molar-refractivity contribution in [3.8, 4) is 10.6 Å². The second-order valence-corrected chi connectivity index (χ2v) is 6.30. The van der Waals surface area contributed by atoms with Gasteiger partial charge in [-0.1, -0.05) is 11.3 Å². The number of aliphatic hydroxyl groups excluding tert-OH is 1. The molecule has 2 aromatic heterocycles. The standard InChI is InChI=1S/C16H15F3N4OS/c1-9-15(13-4-5-23(22-13)6-7-24)25-16(21-9)20-8-10-11(17)2-3-12(18)14(10)19/h2-5,24H,6-8H2,1H3,(H,20,21). The number of aromatic nitrogens is 3. The van der Waals surface area contributed by atoms with Gasteiger partial charge in [-0.15, -0.1) is 0 Å². The lowest BCUT2D eigenvalue weighted by Crippen LogP contribution is -2.06. The molecule has 0 atom stereocenters. The Morgan fingerprint density at radius 2 is 1.96 bits per heavy atom. The van der Waals surface area contributed by atoms with Crippen LogP contribution in [0.5, 0.6) is 0 Å². The van der Waals surface area contributed by atoms with Gasteiger partial charge in [0, 0.05) is 18.3 Å². The van der Waals surface area contributed by atoms with E-state index in [1.807, 2.05) is 0 Å². The number of aliphatic hydroxyl groups is 1. The number of hydrogen-bond acceptors (Lipinski definition) is 5. The average Bonchev–Trinajstić information content (AvgIpc) is 3.18. The summed E-state index contributed by atoms with van der Waals surface area (Å²) in [7, 11) is 0. The monoisotopic (exact) mass is 368 g/mol. The van der Waals surface area contributed by atoms with Crippen LogP contribution < -0.4 is 5.32 Å². The molecule has 0 radical (unpaired) electrons. The molecule has 2 heterocycles. The van der Waals surface area contributed by atoms with Gasteiger partial charge in [0.15, 0.2) is 16.8 Å². The van der Waals surface area contributed by atoms with Crippen LogP contribution in [0.2, 0.25) is 0 Å². The number of thiazole rings is 1. The largest absolute Gasteiger partial charge is 0.394 e. The first-order valence-electron chi connectivity index (χ1n) is 7.48. The zero-order valence-corrected chi connectivity index (χ0v) is 14.1. The van der Waals surface area contributed by atoms with Gasteiger partial charge in [-0.05, 0) is 25.1 Å². The number of nitrogens with one attached hydrogen (secondary N) is 1. The summed E-state index contributed by atoms with van der Waals surface area (Å²) >= 11 is 1.28. The number of nitrogens with zero attached hydrogens (tertiary/aromatic N) is 3. The van der Waals surface area contributed by atoms with E-state index in [-0.39, 0.29) is 18.7 Å². The Bertz CT molecular complexity index is 894. The Morgan fingerprint density at radius 1 is 1.20 bits per heavy atom. The predicted molar refractivity (Wildman–Crippen MR) is 88.8 cm³/mol. The lowest BCUT2D eigenvalue weighted by molar-refractivity contribution is 0.269. The third-order valence-corrected chi connectivity index (χ3v) is 4.69. The number of anilines is 1. The molecule has 1 aromatic carbocycles. The fraction of sp³-hybridized carbons (Fsp3) is 0.250. The van der Waals surface area contributed by atoms with Gasteiger partial charge >= 0.3 is 0 Å².